The molecule has 2 heteroatoms. The summed E-state index contributed by atoms with van der Waals surface area (Å²) in [6.45, 7) is 10.6. The Hall–Kier alpha value is -0.0800. The first-order valence-corrected chi connectivity index (χ1v) is 8.64. The molecule has 4 aliphatic rings. The van der Waals surface area contributed by atoms with Crippen LogP contribution in [0.25, 0.3) is 0 Å². The van der Waals surface area contributed by atoms with Crippen LogP contribution in [0.15, 0.2) is 0 Å². The van der Waals surface area contributed by atoms with Crippen LogP contribution in [0, 0.1) is 22.7 Å². The van der Waals surface area contributed by atoms with Crippen molar-refractivity contribution in [1.82, 2.24) is 0 Å². The Labute approximate surface area is 123 Å². The van der Waals surface area contributed by atoms with Gasteiger partial charge in [0, 0.05) is 6.42 Å². The molecule has 2 saturated carbocycles. The largest absolute Gasteiger partial charge is 0.347 e. The van der Waals surface area contributed by atoms with Gasteiger partial charge in [-0.25, -0.2) is 0 Å². The van der Waals surface area contributed by atoms with Gasteiger partial charge in [0.15, 0.2) is 5.79 Å². The second kappa shape index (κ2) is 3.81. The van der Waals surface area contributed by atoms with Gasteiger partial charge in [-0.2, -0.15) is 0 Å². The molecule has 0 unspecified atom stereocenters. The van der Waals surface area contributed by atoms with Crippen LogP contribution in [-0.2, 0) is 9.47 Å². The number of fused-ring (bicyclic) bond motifs is 3. The summed E-state index contributed by atoms with van der Waals surface area (Å²) in [6, 6.07) is 0. The molecule has 2 aliphatic carbocycles. The molecule has 114 valence electrons. The Bertz CT molecular complexity index is 431. The summed E-state index contributed by atoms with van der Waals surface area (Å²) in [4.78, 5) is 0. The van der Waals surface area contributed by atoms with Gasteiger partial charge >= 0.3 is 0 Å². The van der Waals surface area contributed by atoms with E-state index in [9.17, 15) is 0 Å². The molecule has 5 atom stereocenters. The van der Waals surface area contributed by atoms with Crippen LogP contribution in [0.5, 0.6) is 0 Å². The molecule has 4 fully saturated rings. The summed E-state index contributed by atoms with van der Waals surface area (Å²) in [5, 5.41) is 0. The summed E-state index contributed by atoms with van der Waals surface area (Å²) in [6.07, 6.45) is 9.14. The van der Waals surface area contributed by atoms with E-state index >= 15 is 0 Å². The second-order valence-electron chi connectivity index (χ2n) is 9.12. The predicted octanol–water partition coefficient (Wildman–Crippen LogP) is 4.52. The van der Waals surface area contributed by atoms with Gasteiger partial charge < -0.3 is 9.47 Å². The summed E-state index contributed by atoms with van der Waals surface area (Å²) in [5.41, 5.74) is 1.02. The highest BCUT2D eigenvalue weighted by atomic mass is 16.8. The van der Waals surface area contributed by atoms with Crippen LogP contribution in [-0.4, -0.2) is 18.0 Å². The standard InChI is InChI=1S/C18H30O2/c1-15(2)8-5-9-16(3)13(15)7-11-18-12-19-17(4,20-18)10-6-14(16)18/h13-14H,5-12H2,1-4H3/t13-,14+,16-,17+,18+/m0/s1. The SMILES string of the molecule is CC1(C)CCC[C@@]2(C)[C@H]1CC[C@@]13CO[C@@](C)(CC[C@@H]12)O3. The average Bonchev–Trinajstić information content (AvgIpc) is 2.58. The first-order valence-electron chi connectivity index (χ1n) is 8.64. The number of ether oxygens (including phenoxy) is 2. The molecule has 1 spiro atoms. The van der Waals surface area contributed by atoms with E-state index < -0.39 is 0 Å². The molecule has 4 rings (SSSR count). The third-order valence-electron chi connectivity index (χ3n) is 7.49. The van der Waals surface area contributed by atoms with E-state index in [2.05, 4.69) is 27.7 Å². The highest BCUT2D eigenvalue weighted by Crippen LogP contribution is 2.67. The van der Waals surface area contributed by atoms with Gasteiger partial charge in [0.05, 0.1) is 12.2 Å². The molecule has 0 amide bonds. The van der Waals surface area contributed by atoms with Gasteiger partial charge in [0.1, 0.15) is 0 Å². The maximum absolute atomic E-state index is 6.54. The van der Waals surface area contributed by atoms with Crippen molar-refractivity contribution in [2.24, 2.45) is 22.7 Å². The van der Waals surface area contributed by atoms with Gasteiger partial charge in [-0.15, -0.1) is 0 Å². The third kappa shape index (κ3) is 1.58. The molecule has 0 aromatic carbocycles. The smallest absolute Gasteiger partial charge is 0.166 e. The highest BCUT2D eigenvalue weighted by Gasteiger charge is 2.66. The fourth-order valence-corrected chi connectivity index (χ4v) is 6.65. The molecular weight excluding hydrogens is 248 g/mol. The molecular formula is C18H30O2. The Balaban J connectivity index is 1.73. The Morgan fingerprint density at radius 2 is 1.60 bits per heavy atom. The average molecular weight is 278 g/mol. The van der Waals surface area contributed by atoms with Crippen LogP contribution in [0.4, 0.5) is 0 Å². The van der Waals surface area contributed by atoms with Crippen molar-refractivity contribution in [2.45, 2.75) is 84.0 Å². The molecule has 2 nitrogen and oxygen atoms in total. The molecule has 2 heterocycles. The lowest BCUT2D eigenvalue weighted by molar-refractivity contribution is -0.260. The summed E-state index contributed by atoms with van der Waals surface area (Å²) >= 11 is 0. The van der Waals surface area contributed by atoms with Crippen LogP contribution in [0.1, 0.15) is 72.6 Å². The number of rotatable bonds is 0. The highest BCUT2D eigenvalue weighted by molar-refractivity contribution is 5.13. The second-order valence-corrected chi connectivity index (χ2v) is 9.12. The minimum Gasteiger partial charge on any atom is -0.347 e. The van der Waals surface area contributed by atoms with Crippen molar-refractivity contribution in [3.05, 3.63) is 0 Å². The summed E-state index contributed by atoms with van der Waals surface area (Å²) in [7, 11) is 0. The van der Waals surface area contributed by atoms with Gasteiger partial charge in [-0.1, -0.05) is 27.2 Å². The fourth-order valence-electron chi connectivity index (χ4n) is 6.65. The van der Waals surface area contributed by atoms with Gasteiger partial charge in [-0.05, 0) is 61.7 Å². The van der Waals surface area contributed by atoms with Crippen LogP contribution in [0.2, 0.25) is 0 Å². The fraction of sp³-hybridized carbons (Fsp3) is 1.00. The Kier molecular flexibility index (Phi) is 2.59. The lowest BCUT2D eigenvalue weighted by Crippen LogP contribution is -2.61. The molecule has 0 aromatic heterocycles. The number of hydrogen-bond acceptors (Lipinski definition) is 2. The van der Waals surface area contributed by atoms with E-state index in [0.717, 1.165) is 18.9 Å². The molecule has 0 aromatic rings. The maximum Gasteiger partial charge on any atom is 0.166 e. The Morgan fingerprint density at radius 3 is 2.40 bits per heavy atom. The molecule has 20 heavy (non-hydrogen) atoms. The quantitative estimate of drug-likeness (QED) is 0.648. The molecule has 2 saturated heterocycles. The van der Waals surface area contributed by atoms with Crippen molar-refractivity contribution in [2.75, 3.05) is 6.61 Å². The Morgan fingerprint density at radius 1 is 0.850 bits per heavy atom. The van der Waals surface area contributed by atoms with Crippen molar-refractivity contribution >= 4 is 0 Å². The first kappa shape index (κ1) is 13.6. The zero-order chi connectivity index (χ0) is 14.2. The van der Waals surface area contributed by atoms with E-state index in [1.807, 2.05) is 0 Å². The van der Waals surface area contributed by atoms with Crippen molar-refractivity contribution in [1.29, 1.82) is 0 Å². The van der Waals surface area contributed by atoms with Crippen molar-refractivity contribution in [3.63, 3.8) is 0 Å². The van der Waals surface area contributed by atoms with Gasteiger partial charge in [-0.3, -0.25) is 0 Å². The minimum absolute atomic E-state index is 0.0473. The monoisotopic (exact) mass is 278 g/mol. The van der Waals surface area contributed by atoms with E-state index in [4.69, 9.17) is 9.47 Å². The van der Waals surface area contributed by atoms with Crippen LogP contribution >= 0.6 is 0 Å². The van der Waals surface area contributed by atoms with E-state index in [1.165, 1.54) is 38.5 Å². The molecule has 2 bridgehead atoms. The topological polar surface area (TPSA) is 18.5 Å². The maximum atomic E-state index is 6.54. The van der Waals surface area contributed by atoms with E-state index in [1.54, 1.807) is 0 Å². The van der Waals surface area contributed by atoms with Crippen molar-refractivity contribution < 1.29 is 9.47 Å². The zero-order valence-electron chi connectivity index (χ0n) is 13.6. The van der Waals surface area contributed by atoms with E-state index in [-0.39, 0.29) is 11.4 Å². The lowest BCUT2D eigenvalue weighted by atomic mass is 9.44. The van der Waals surface area contributed by atoms with Crippen LogP contribution in [0.3, 0.4) is 0 Å². The van der Waals surface area contributed by atoms with Crippen LogP contribution < -0.4 is 0 Å². The molecule has 0 N–H and O–H groups in total. The normalized spacial score (nSPS) is 57.0. The third-order valence-corrected chi connectivity index (χ3v) is 7.49. The first-order chi connectivity index (χ1) is 9.30. The van der Waals surface area contributed by atoms with Gasteiger partial charge in [0.2, 0.25) is 0 Å². The lowest BCUT2D eigenvalue weighted by Gasteiger charge is -2.63. The van der Waals surface area contributed by atoms with E-state index in [0.29, 0.717) is 16.7 Å². The molecule has 2 aliphatic heterocycles. The zero-order valence-corrected chi connectivity index (χ0v) is 13.6. The van der Waals surface area contributed by atoms with Gasteiger partial charge in [0.25, 0.3) is 0 Å². The summed E-state index contributed by atoms with van der Waals surface area (Å²) < 4.78 is 12.6. The summed E-state index contributed by atoms with van der Waals surface area (Å²) in [5.74, 6) is 1.31. The predicted molar refractivity (Wildman–Crippen MR) is 79.4 cm³/mol. The minimum atomic E-state index is -0.274. The molecule has 0 radical (unpaired) electrons. The van der Waals surface area contributed by atoms with Crippen molar-refractivity contribution in [3.8, 4) is 0 Å². The number of hydrogen-bond donors (Lipinski definition) is 0.